The summed E-state index contributed by atoms with van der Waals surface area (Å²) < 4.78 is 2.12. The van der Waals surface area contributed by atoms with E-state index < -0.39 is 0 Å². The van der Waals surface area contributed by atoms with Crippen LogP contribution in [0.3, 0.4) is 0 Å². The monoisotopic (exact) mass is 337 g/mol. The third-order valence-electron chi connectivity index (χ3n) is 2.53. The molecular formula is C9H9Br2NOS. The summed E-state index contributed by atoms with van der Waals surface area (Å²) in [7, 11) is 0. The number of amides is 1. The van der Waals surface area contributed by atoms with Gasteiger partial charge >= 0.3 is 0 Å². The summed E-state index contributed by atoms with van der Waals surface area (Å²) in [5, 5.41) is 2.92. The molecule has 1 aromatic rings. The Hall–Kier alpha value is 0.130. The molecule has 0 spiro atoms. The third-order valence-corrected chi connectivity index (χ3v) is 5.85. The van der Waals surface area contributed by atoms with Crippen LogP contribution in [0.1, 0.15) is 24.8 Å². The Bertz CT molecular complexity index is 380. The van der Waals surface area contributed by atoms with Gasteiger partial charge < -0.3 is 5.32 Å². The fourth-order valence-electron chi connectivity index (χ4n) is 1.48. The van der Waals surface area contributed by atoms with Gasteiger partial charge in [0.2, 0.25) is 5.91 Å². The summed E-state index contributed by atoms with van der Waals surface area (Å²) in [4.78, 5) is 12.5. The molecule has 0 aromatic carbocycles. The highest BCUT2D eigenvalue weighted by molar-refractivity contribution is 9.13. The van der Waals surface area contributed by atoms with Gasteiger partial charge in [0.15, 0.2) is 0 Å². The van der Waals surface area contributed by atoms with Gasteiger partial charge in [0.05, 0.1) is 15.2 Å². The van der Waals surface area contributed by atoms with Crippen molar-refractivity contribution in [3.63, 3.8) is 0 Å². The van der Waals surface area contributed by atoms with E-state index in [2.05, 4.69) is 43.2 Å². The Labute approximate surface area is 103 Å². The van der Waals surface area contributed by atoms with Crippen LogP contribution in [0.5, 0.6) is 0 Å². The van der Waals surface area contributed by atoms with Gasteiger partial charge in [-0.3, -0.25) is 4.79 Å². The largest absolute Gasteiger partial charge is 0.347 e. The number of carbonyl (C=O) groups is 1. The molecule has 1 aliphatic rings. The predicted molar refractivity (Wildman–Crippen MR) is 64.4 cm³/mol. The normalized spacial score (nSPS) is 24.3. The number of thiophene rings is 1. The van der Waals surface area contributed by atoms with Crippen molar-refractivity contribution in [2.24, 2.45) is 5.41 Å². The second-order valence-electron chi connectivity index (χ2n) is 3.90. The summed E-state index contributed by atoms with van der Waals surface area (Å²) >= 11 is 8.55. The average Bonchev–Trinajstić information content (AvgIpc) is 2.42. The number of nitrogens with one attached hydrogen (secondary N) is 1. The Morgan fingerprint density at radius 1 is 1.50 bits per heavy atom. The molecule has 1 saturated heterocycles. The maximum atomic E-state index is 11.3. The minimum atomic E-state index is -0.274. The molecule has 1 unspecified atom stereocenters. The lowest BCUT2D eigenvalue weighted by atomic mass is 9.75. The summed E-state index contributed by atoms with van der Waals surface area (Å²) in [6.45, 7) is 3.94. The van der Waals surface area contributed by atoms with Crippen LogP contribution >= 0.6 is 43.2 Å². The second-order valence-corrected chi connectivity index (χ2v) is 7.15. The molecule has 14 heavy (non-hydrogen) atoms. The standard InChI is InChI=1S/C9H9Br2NOS/c1-9(2)6(12-8(9)13)5-3-4(10)7(11)14-5/h3,6H,1-2H3,(H,12,13). The fraction of sp³-hybridized carbons (Fsp3) is 0.444. The van der Waals surface area contributed by atoms with Crippen LogP contribution in [0.4, 0.5) is 0 Å². The molecule has 1 fully saturated rings. The smallest absolute Gasteiger partial charge is 0.228 e. The molecule has 2 nitrogen and oxygen atoms in total. The highest BCUT2D eigenvalue weighted by Crippen LogP contribution is 2.46. The minimum Gasteiger partial charge on any atom is -0.347 e. The van der Waals surface area contributed by atoms with E-state index in [1.165, 1.54) is 4.88 Å². The van der Waals surface area contributed by atoms with Crippen LogP contribution in [0.15, 0.2) is 14.3 Å². The second kappa shape index (κ2) is 3.32. The molecule has 1 atom stereocenters. The van der Waals surface area contributed by atoms with Crippen molar-refractivity contribution in [2.75, 3.05) is 0 Å². The fourth-order valence-corrected chi connectivity index (χ4v) is 3.81. The van der Waals surface area contributed by atoms with Crippen LogP contribution in [0, 0.1) is 5.41 Å². The maximum Gasteiger partial charge on any atom is 0.228 e. The first kappa shape index (κ1) is 10.6. The number of hydrogen-bond acceptors (Lipinski definition) is 2. The van der Waals surface area contributed by atoms with Crippen molar-refractivity contribution in [2.45, 2.75) is 19.9 Å². The lowest BCUT2D eigenvalue weighted by Gasteiger charge is -2.43. The van der Waals surface area contributed by atoms with Gasteiger partial charge in [-0.15, -0.1) is 11.3 Å². The van der Waals surface area contributed by atoms with Crippen molar-refractivity contribution in [3.05, 3.63) is 19.2 Å². The molecule has 0 aliphatic carbocycles. The molecule has 2 heterocycles. The van der Waals surface area contributed by atoms with Crippen LogP contribution < -0.4 is 5.32 Å². The van der Waals surface area contributed by atoms with Crippen molar-refractivity contribution >= 4 is 49.1 Å². The van der Waals surface area contributed by atoms with Crippen molar-refractivity contribution < 1.29 is 4.79 Å². The SMILES string of the molecule is CC1(C)C(=O)NC1c1cc(Br)c(Br)s1. The zero-order valence-electron chi connectivity index (χ0n) is 7.73. The molecule has 0 bridgehead atoms. The molecule has 1 amide bonds. The summed E-state index contributed by atoms with van der Waals surface area (Å²) in [5.41, 5.74) is -0.274. The Balaban J connectivity index is 2.30. The summed E-state index contributed by atoms with van der Waals surface area (Å²) in [5.74, 6) is 0.128. The van der Waals surface area contributed by atoms with E-state index in [1.54, 1.807) is 11.3 Å². The van der Waals surface area contributed by atoms with Gasteiger partial charge in [0, 0.05) is 9.35 Å². The van der Waals surface area contributed by atoms with E-state index in [0.29, 0.717) is 0 Å². The first-order chi connectivity index (χ1) is 6.43. The molecule has 1 aromatic heterocycles. The van der Waals surface area contributed by atoms with Gasteiger partial charge in [-0.2, -0.15) is 0 Å². The van der Waals surface area contributed by atoms with Gasteiger partial charge in [-0.1, -0.05) is 0 Å². The average molecular weight is 339 g/mol. The van der Waals surface area contributed by atoms with E-state index in [4.69, 9.17) is 0 Å². The lowest BCUT2D eigenvalue weighted by molar-refractivity contribution is -0.142. The molecule has 76 valence electrons. The van der Waals surface area contributed by atoms with Crippen LogP contribution in [0.2, 0.25) is 0 Å². The van der Waals surface area contributed by atoms with E-state index in [9.17, 15) is 4.79 Å². The number of carbonyl (C=O) groups excluding carboxylic acids is 1. The molecule has 0 radical (unpaired) electrons. The highest BCUT2D eigenvalue weighted by atomic mass is 79.9. The summed E-state index contributed by atoms with van der Waals surface area (Å²) in [6, 6.07) is 2.21. The minimum absolute atomic E-state index is 0.128. The quantitative estimate of drug-likeness (QED) is 0.780. The number of rotatable bonds is 1. The van der Waals surface area contributed by atoms with Gasteiger partial charge in [0.25, 0.3) is 0 Å². The molecule has 2 rings (SSSR count). The van der Waals surface area contributed by atoms with Gasteiger partial charge in [-0.05, 0) is 51.8 Å². The summed E-state index contributed by atoms with van der Waals surface area (Å²) in [6.07, 6.45) is 0. The van der Waals surface area contributed by atoms with E-state index in [1.807, 2.05) is 13.8 Å². The van der Waals surface area contributed by atoms with Gasteiger partial charge in [-0.25, -0.2) is 0 Å². The lowest BCUT2D eigenvalue weighted by Crippen LogP contribution is -2.57. The van der Waals surface area contributed by atoms with Crippen LogP contribution in [0.25, 0.3) is 0 Å². The maximum absolute atomic E-state index is 11.3. The first-order valence-electron chi connectivity index (χ1n) is 4.18. The van der Waals surface area contributed by atoms with Crippen LogP contribution in [-0.4, -0.2) is 5.91 Å². The number of β-lactam (4-membered cyclic amide) rings is 1. The van der Waals surface area contributed by atoms with Gasteiger partial charge in [0.1, 0.15) is 0 Å². The first-order valence-corrected chi connectivity index (χ1v) is 6.59. The molecule has 1 N–H and O–H groups in total. The predicted octanol–water partition coefficient (Wildman–Crippen LogP) is 3.47. The van der Waals surface area contributed by atoms with Crippen molar-refractivity contribution in [3.8, 4) is 0 Å². The molecule has 0 saturated carbocycles. The molecule has 5 heteroatoms. The highest BCUT2D eigenvalue weighted by Gasteiger charge is 2.48. The Morgan fingerprint density at radius 3 is 2.50 bits per heavy atom. The van der Waals surface area contributed by atoms with E-state index in [0.717, 1.165) is 8.26 Å². The zero-order valence-corrected chi connectivity index (χ0v) is 11.7. The van der Waals surface area contributed by atoms with Crippen molar-refractivity contribution in [1.29, 1.82) is 0 Å². The molecule has 1 aliphatic heterocycles. The Kier molecular flexibility index (Phi) is 2.52. The van der Waals surface area contributed by atoms with Crippen molar-refractivity contribution in [1.82, 2.24) is 5.32 Å². The van der Waals surface area contributed by atoms with E-state index >= 15 is 0 Å². The van der Waals surface area contributed by atoms with E-state index in [-0.39, 0.29) is 17.4 Å². The third kappa shape index (κ3) is 1.46. The zero-order chi connectivity index (χ0) is 10.5. The Morgan fingerprint density at radius 2 is 2.14 bits per heavy atom. The number of halogens is 2. The number of hydrogen-bond donors (Lipinski definition) is 1. The van der Waals surface area contributed by atoms with Crippen LogP contribution in [-0.2, 0) is 4.79 Å². The molecular weight excluding hydrogens is 330 g/mol. The topological polar surface area (TPSA) is 29.1 Å².